The molecule has 1 atom stereocenters. The SMILES string of the molecule is CC(C)(C)C(CO)NCc1cccc(O)c1O. The van der Waals surface area contributed by atoms with Crippen LogP contribution in [0, 0.1) is 5.41 Å². The monoisotopic (exact) mass is 239 g/mol. The molecular weight excluding hydrogens is 218 g/mol. The van der Waals surface area contributed by atoms with E-state index < -0.39 is 0 Å². The van der Waals surface area contributed by atoms with Gasteiger partial charge in [0, 0.05) is 18.2 Å². The van der Waals surface area contributed by atoms with Crippen molar-refractivity contribution in [2.45, 2.75) is 33.4 Å². The zero-order valence-electron chi connectivity index (χ0n) is 10.6. The lowest BCUT2D eigenvalue weighted by Gasteiger charge is -2.30. The highest BCUT2D eigenvalue weighted by Gasteiger charge is 2.23. The molecule has 1 unspecified atom stereocenters. The molecule has 4 heteroatoms. The van der Waals surface area contributed by atoms with Crippen molar-refractivity contribution in [3.63, 3.8) is 0 Å². The first-order valence-corrected chi connectivity index (χ1v) is 5.70. The van der Waals surface area contributed by atoms with E-state index >= 15 is 0 Å². The van der Waals surface area contributed by atoms with Crippen molar-refractivity contribution in [3.05, 3.63) is 23.8 Å². The van der Waals surface area contributed by atoms with Crippen LogP contribution in [0.25, 0.3) is 0 Å². The molecule has 1 aromatic carbocycles. The molecule has 0 heterocycles. The van der Waals surface area contributed by atoms with Crippen molar-refractivity contribution >= 4 is 0 Å². The Morgan fingerprint density at radius 2 is 1.88 bits per heavy atom. The molecule has 0 aliphatic rings. The summed E-state index contributed by atoms with van der Waals surface area (Å²) in [6, 6.07) is 4.78. The van der Waals surface area contributed by atoms with Crippen LogP contribution in [0.3, 0.4) is 0 Å². The first-order valence-electron chi connectivity index (χ1n) is 5.70. The second-order valence-corrected chi connectivity index (χ2v) is 5.27. The fourth-order valence-electron chi connectivity index (χ4n) is 1.60. The molecule has 1 rings (SSSR count). The average Bonchev–Trinajstić information content (AvgIpc) is 2.23. The van der Waals surface area contributed by atoms with Gasteiger partial charge in [0.2, 0.25) is 0 Å². The van der Waals surface area contributed by atoms with Crippen molar-refractivity contribution in [3.8, 4) is 11.5 Å². The van der Waals surface area contributed by atoms with Gasteiger partial charge in [0.1, 0.15) is 0 Å². The molecule has 0 radical (unpaired) electrons. The Kier molecular flexibility index (Phi) is 4.37. The summed E-state index contributed by atoms with van der Waals surface area (Å²) in [6.07, 6.45) is 0. The maximum Gasteiger partial charge on any atom is 0.161 e. The predicted molar refractivity (Wildman–Crippen MR) is 66.9 cm³/mol. The number of aliphatic hydroxyl groups excluding tert-OH is 1. The van der Waals surface area contributed by atoms with Crippen LogP contribution >= 0.6 is 0 Å². The molecule has 0 spiro atoms. The highest BCUT2D eigenvalue weighted by atomic mass is 16.3. The van der Waals surface area contributed by atoms with E-state index in [1.807, 2.05) is 20.8 Å². The summed E-state index contributed by atoms with van der Waals surface area (Å²) < 4.78 is 0. The van der Waals surface area contributed by atoms with Crippen molar-refractivity contribution in [1.29, 1.82) is 0 Å². The average molecular weight is 239 g/mol. The first-order chi connectivity index (χ1) is 7.86. The Morgan fingerprint density at radius 3 is 2.41 bits per heavy atom. The third kappa shape index (κ3) is 3.61. The molecule has 0 aromatic heterocycles. The number of aromatic hydroxyl groups is 2. The highest BCUT2D eigenvalue weighted by molar-refractivity contribution is 5.44. The van der Waals surface area contributed by atoms with E-state index in [1.54, 1.807) is 12.1 Å². The molecule has 0 aliphatic heterocycles. The second-order valence-electron chi connectivity index (χ2n) is 5.27. The van der Waals surface area contributed by atoms with E-state index in [9.17, 15) is 15.3 Å². The Bertz CT molecular complexity index is 371. The minimum atomic E-state index is -0.124. The maximum atomic E-state index is 9.63. The van der Waals surface area contributed by atoms with E-state index in [0.29, 0.717) is 12.1 Å². The van der Waals surface area contributed by atoms with Gasteiger partial charge in [0.05, 0.1) is 6.61 Å². The molecule has 0 amide bonds. The standard InChI is InChI=1S/C13H21NO3/c1-13(2,3)11(8-15)14-7-9-5-4-6-10(16)12(9)17/h4-6,11,14-17H,7-8H2,1-3H3. The number of phenols is 2. The van der Waals surface area contributed by atoms with Crippen LogP contribution in [-0.4, -0.2) is 28.0 Å². The number of nitrogens with one attached hydrogen (secondary N) is 1. The zero-order chi connectivity index (χ0) is 13.1. The van der Waals surface area contributed by atoms with Crippen LogP contribution in [0.15, 0.2) is 18.2 Å². The minimum Gasteiger partial charge on any atom is -0.504 e. The van der Waals surface area contributed by atoms with Gasteiger partial charge in [-0.05, 0) is 11.5 Å². The summed E-state index contributed by atoms with van der Waals surface area (Å²) in [5.41, 5.74) is 0.550. The minimum absolute atomic E-state index is 0.0308. The Labute approximate surface area is 102 Å². The summed E-state index contributed by atoms with van der Waals surface area (Å²) in [4.78, 5) is 0. The molecule has 0 saturated heterocycles. The summed E-state index contributed by atoms with van der Waals surface area (Å²) in [5, 5.41) is 31.5. The molecule has 0 saturated carbocycles. The fraction of sp³-hybridized carbons (Fsp3) is 0.538. The molecule has 17 heavy (non-hydrogen) atoms. The number of benzene rings is 1. The lowest BCUT2D eigenvalue weighted by atomic mass is 9.87. The van der Waals surface area contributed by atoms with Gasteiger partial charge in [-0.1, -0.05) is 32.9 Å². The highest BCUT2D eigenvalue weighted by Crippen LogP contribution is 2.28. The van der Waals surface area contributed by atoms with Crippen molar-refractivity contribution in [2.24, 2.45) is 5.41 Å². The maximum absolute atomic E-state index is 9.63. The summed E-state index contributed by atoms with van der Waals surface area (Å²) in [6.45, 7) is 6.53. The van der Waals surface area contributed by atoms with E-state index in [4.69, 9.17) is 0 Å². The van der Waals surface area contributed by atoms with Crippen LogP contribution in [0.2, 0.25) is 0 Å². The van der Waals surface area contributed by atoms with Crippen molar-refractivity contribution < 1.29 is 15.3 Å². The summed E-state index contributed by atoms with van der Waals surface area (Å²) >= 11 is 0. The van der Waals surface area contributed by atoms with Gasteiger partial charge in [-0.2, -0.15) is 0 Å². The van der Waals surface area contributed by atoms with E-state index in [2.05, 4.69) is 5.32 Å². The Balaban J connectivity index is 2.70. The fourth-order valence-corrected chi connectivity index (χ4v) is 1.60. The molecule has 0 aliphatic carbocycles. The van der Waals surface area contributed by atoms with E-state index in [-0.39, 0.29) is 29.6 Å². The lowest BCUT2D eigenvalue weighted by molar-refractivity contribution is 0.157. The molecule has 0 fully saturated rings. The smallest absolute Gasteiger partial charge is 0.161 e. The van der Waals surface area contributed by atoms with E-state index in [1.165, 1.54) is 6.07 Å². The summed E-state index contributed by atoms with van der Waals surface area (Å²) in [7, 11) is 0. The molecule has 0 bridgehead atoms. The first kappa shape index (κ1) is 13.8. The van der Waals surface area contributed by atoms with Gasteiger partial charge in [0.25, 0.3) is 0 Å². The molecule has 96 valence electrons. The Hall–Kier alpha value is -1.26. The number of para-hydroxylation sites is 1. The van der Waals surface area contributed by atoms with Gasteiger partial charge in [-0.3, -0.25) is 0 Å². The van der Waals surface area contributed by atoms with Crippen molar-refractivity contribution in [1.82, 2.24) is 5.32 Å². The summed E-state index contributed by atoms with van der Waals surface area (Å²) in [5.74, 6) is -0.230. The zero-order valence-corrected chi connectivity index (χ0v) is 10.6. The van der Waals surface area contributed by atoms with Gasteiger partial charge in [-0.25, -0.2) is 0 Å². The van der Waals surface area contributed by atoms with Crippen molar-refractivity contribution in [2.75, 3.05) is 6.61 Å². The largest absolute Gasteiger partial charge is 0.504 e. The van der Waals surface area contributed by atoms with Crippen LogP contribution in [-0.2, 0) is 6.54 Å². The molecule has 4 N–H and O–H groups in total. The van der Waals surface area contributed by atoms with Gasteiger partial charge < -0.3 is 20.6 Å². The number of rotatable bonds is 4. The van der Waals surface area contributed by atoms with E-state index in [0.717, 1.165) is 0 Å². The molecule has 4 nitrogen and oxygen atoms in total. The van der Waals surface area contributed by atoms with Gasteiger partial charge in [0.15, 0.2) is 11.5 Å². The van der Waals surface area contributed by atoms with Gasteiger partial charge >= 0.3 is 0 Å². The third-order valence-corrected chi connectivity index (χ3v) is 2.87. The topological polar surface area (TPSA) is 72.7 Å². The predicted octanol–water partition coefficient (Wildman–Crippen LogP) is 1.59. The normalized spacial score (nSPS) is 13.6. The van der Waals surface area contributed by atoms with Crippen LogP contribution in [0.5, 0.6) is 11.5 Å². The number of phenolic OH excluding ortho intramolecular Hbond substituents is 2. The molecule has 1 aromatic rings. The van der Waals surface area contributed by atoms with Crippen LogP contribution in [0.4, 0.5) is 0 Å². The number of hydrogen-bond acceptors (Lipinski definition) is 4. The Morgan fingerprint density at radius 1 is 1.24 bits per heavy atom. The number of hydrogen-bond donors (Lipinski definition) is 4. The third-order valence-electron chi connectivity index (χ3n) is 2.87. The molecular formula is C13H21NO3. The second kappa shape index (κ2) is 5.38. The quantitative estimate of drug-likeness (QED) is 0.602. The lowest BCUT2D eigenvalue weighted by Crippen LogP contribution is -2.42. The van der Waals surface area contributed by atoms with Gasteiger partial charge in [-0.15, -0.1) is 0 Å². The van der Waals surface area contributed by atoms with Crippen LogP contribution in [0.1, 0.15) is 26.3 Å². The van der Waals surface area contributed by atoms with Crippen LogP contribution < -0.4 is 5.32 Å². The number of aliphatic hydroxyl groups is 1.